The maximum Gasteiger partial charge on any atom is 0.240 e. The van der Waals surface area contributed by atoms with Crippen molar-refractivity contribution in [3.63, 3.8) is 0 Å². The zero-order valence-electron chi connectivity index (χ0n) is 13.9. The van der Waals surface area contributed by atoms with E-state index >= 15 is 0 Å². The lowest BCUT2D eigenvalue weighted by atomic mass is 10.3. The summed E-state index contributed by atoms with van der Waals surface area (Å²) in [5.74, 6) is 1.02. The zero-order chi connectivity index (χ0) is 16.7. The molecular formula is C16H26N2O4S. The van der Waals surface area contributed by atoms with E-state index in [9.17, 15) is 8.42 Å². The first-order valence-corrected chi connectivity index (χ1v) is 9.66. The third-order valence-electron chi connectivity index (χ3n) is 3.74. The Labute approximate surface area is 138 Å². The number of rotatable bonds is 9. The predicted molar refractivity (Wildman–Crippen MR) is 89.6 cm³/mol. The third-order valence-corrected chi connectivity index (χ3v) is 5.20. The number of hydrogen-bond acceptors (Lipinski definition) is 5. The highest BCUT2D eigenvalue weighted by atomic mass is 32.2. The van der Waals surface area contributed by atoms with Gasteiger partial charge >= 0.3 is 0 Å². The first kappa shape index (κ1) is 18.0. The fourth-order valence-electron chi connectivity index (χ4n) is 2.63. The van der Waals surface area contributed by atoms with Crippen molar-refractivity contribution in [2.75, 3.05) is 39.4 Å². The van der Waals surface area contributed by atoms with Crippen LogP contribution in [0.1, 0.15) is 26.7 Å². The molecule has 0 spiro atoms. The first-order chi connectivity index (χ1) is 11.1. The molecule has 0 aliphatic carbocycles. The molecule has 23 heavy (non-hydrogen) atoms. The minimum absolute atomic E-state index is 0.200. The number of likely N-dealkylation sites (tertiary alicyclic amines) is 1. The second kappa shape index (κ2) is 8.52. The van der Waals surface area contributed by atoms with Gasteiger partial charge in [-0.15, -0.1) is 0 Å². The lowest BCUT2D eigenvalue weighted by molar-refractivity contribution is 0.287. The summed E-state index contributed by atoms with van der Waals surface area (Å²) in [6, 6.07) is 4.71. The Hall–Kier alpha value is -1.31. The van der Waals surface area contributed by atoms with E-state index < -0.39 is 10.0 Å². The lowest BCUT2D eigenvalue weighted by Gasteiger charge is -2.16. The smallest absolute Gasteiger partial charge is 0.240 e. The fourth-order valence-corrected chi connectivity index (χ4v) is 3.66. The van der Waals surface area contributed by atoms with Crippen LogP contribution >= 0.6 is 0 Å². The van der Waals surface area contributed by atoms with Crippen molar-refractivity contribution in [2.45, 2.75) is 31.6 Å². The molecule has 1 N–H and O–H groups in total. The van der Waals surface area contributed by atoms with E-state index in [1.165, 1.54) is 18.9 Å². The summed E-state index contributed by atoms with van der Waals surface area (Å²) < 4.78 is 38.4. The molecule has 1 heterocycles. The maximum atomic E-state index is 12.4. The molecule has 1 aromatic rings. The molecular weight excluding hydrogens is 316 g/mol. The van der Waals surface area contributed by atoms with Gasteiger partial charge in [0.2, 0.25) is 10.0 Å². The quantitative estimate of drug-likeness (QED) is 0.742. The monoisotopic (exact) mass is 342 g/mol. The Bertz CT molecular complexity index is 598. The summed E-state index contributed by atoms with van der Waals surface area (Å²) in [6.45, 7) is 7.95. The van der Waals surface area contributed by atoms with Crippen LogP contribution < -0.4 is 14.2 Å². The van der Waals surface area contributed by atoms with Crippen molar-refractivity contribution in [1.82, 2.24) is 9.62 Å². The van der Waals surface area contributed by atoms with Gasteiger partial charge in [-0.2, -0.15) is 0 Å². The van der Waals surface area contributed by atoms with Crippen molar-refractivity contribution in [3.8, 4) is 11.5 Å². The molecule has 1 fully saturated rings. The average Bonchev–Trinajstić information content (AvgIpc) is 3.02. The van der Waals surface area contributed by atoms with Gasteiger partial charge in [0.1, 0.15) is 0 Å². The zero-order valence-corrected chi connectivity index (χ0v) is 14.7. The summed E-state index contributed by atoms with van der Waals surface area (Å²) >= 11 is 0. The molecule has 1 saturated heterocycles. The van der Waals surface area contributed by atoms with Gasteiger partial charge in [-0.3, -0.25) is 0 Å². The highest BCUT2D eigenvalue weighted by Crippen LogP contribution is 2.30. The molecule has 0 radical (unpaired) electrons. The molecule has 0 atom stereocenters. The topological polar surface area (TPSA) is 67.9 Å². The molecule has 0 saturated carbocycles. The number of nitrogens with one attached hydrogen (secondary N) is 1. The molecule has 1 aliphatic heterocycles. The van der Waals surface area contributed by atoms with Crippen molar-refractivity contribution in [1.29, 1.82) is 0 Å². The standard InChI is InChI=1S/C16H26N2O4S/c1-3-21-15-8-7-14(13-16(15)22-4-2)23(19,20)17-9-12-18-10-5-6-11-18/h7-8,13,17H,3-6,9-12H2,1-2H3. The van der Waals surface area contributed by atoms with Crippen LogP contribution in [0.25, 0.3) is 0 Å². The molecule has 130 valence electrons. The van der Waals surface area contributed by atoms with E-state index in [1.54, 1.807) is 12.1 Å². The Kier molecular flexibility index (Phi) is 6.68. The minimum atomic E-state index is -3.54. The van der Waals surface area contributed by atoms with Crippen LogP contribution in [0, 0.1) is 0 Å². The van der Waals surface area contributed by atoms with E-state index in [0.717, 1.165) is 19.6 Å². The maximum absolute atomic E-state index is 12.4. The van der Waals surface area contributed by atoms with Gasteiger partial charge in [-0.25, -0.2) is 13.1 Å². The highest BCUT2D eigenvalue weighted by molar-refractivity contribution is 7.89. The summed E-state index contributed by atoms with van der Waals surface area (Å²) in [7, 11) is -3.54. The lowest BCUT2D eigenvalue weighted by Crippen LogP contribution is -2.33. The van der Waals surface area contributed by atoms with Crippen molar-refractivity contribution < 1.29 is 17.9 Å². The SMILES string of the molecule is CCOc1ccc(S(=O)(=O)NCCN2CCCC2)cc1OCC. The number of sulfonamides is 1. The first-order valence-electron chi connectivity index (χ1n) is 8.18. The largest absolute Gasteiger partial charge is 0.490 e. The average molecular weight is 342 g/mol. The van der Waals surface area contributed by atoms with Crippen LogP contribution in [0.2, 0.25) is 0 Å². The number of hydrogen-bond donors (Lipinski definition) is 1. The second-order valence-electron chi connectivity index (χ2n) is 5.42. The molecule has 1 aliphatic rings. The molecule has 0 bridgehead atoms. The molecule has 1 aromatic carbocycles. The molecule has 0 amide bonds. The van der Waals surface area contributed by atoms with E-state index in [1.807, 2.05) is 13.8 Å². The summed E-state index contributed by atoms with van der Waals surface area (Å²) in [5.41, 5.74) is 0. The third kappa shape index (κ3) is 5.09. The van der Waals surface area contributed by atoms with Crippen molar-refractivity contribution in [2.24, 2.45) is 0 Å². The van der Waals surface area contributed by atoms with Gasteiger partial charge in [0.15, 0.2) is 11.5 Å². The normalized spacial score (nSPS) is 15.7. The van der Waals surface area contributed by atoms with Crippen molar-refractivity contribution >= 4 is 10.0 Å². The molecule has 7 heteroatoms. The fraction of sp³-hybridized carbons (Fsp3) is 0.625. The Morgan fingerprint density at radius 1 is 1.09 bits per heavy atom. The summed E-state index contributed by atoms with van der Waals surface area (Å²) in [5, 5.41) is 0. The van der Waals surface area contributed by atoms with E-state index in [4.69, 9.17) is 9.47 Å². The number of benzene rings is 1. The van der Waals surface area contributed by atoms with Gasteiger partial charge in [0, 0.05) is 19.2 Å². The number of ether oxygens (including phenoxy) is 2. The van der Waals surface area contributed by atoms with Crippen LogP contribution in [0.3, 0.4) is 0 Å². The van der Waals surface area contributed by atoms with E-state index in [0.29, 0.717) is 31.3 Å². The molecule has 0 aromatic heterocycles. The van der Waals surface area contributed by atoms with E-state index in [-0.39, 0.29) is 4.90 Å². The Morgan fingerprint density at radius 2 is 1.74 bits per heavy atom. The summed E-state index contributed by atoms with van der Waals surface area (Å²) in [4.78, 5) is 2.47. The molecule has 0 unspecified atom stereocenters. The van der Waals surface area contributed by atoms with Gasteiger partial charge in [-0.05, 0) is 51.9 Å². The minimum Gasteiger partial charge on any atom is -0.490 e. The highest BCUT2D eigenvalue weighted by Gasteiger charge is 2.18. The van der Waals surface area contributed by atoms with Crippen LogP contribution in [0.15, 0.2) is 23.1 Å². The van der Waals surface area contributed by atoms with Crippen molar-refractivity contribution in [3.05, 3.63) is 18.2 Å². The van der Waals surface area contributed by atoms with E-state index in [2.05, 4.69) is 9.62 Å². The van der Waals surface area contributed by atoms with Crippen LogP contribution in [-0.2, 0) is 10.0 Å². The van der Waals surface area contributed by atoms with Gasteiger partial charge in [0.25, 0.3) is 0 Å². The van der Waals surface area contributed by atoms with Crippen LogP contribution in [-0.4, -0.2) is 52.7 Å². The Balaban J connectivity index is 2.03. The number of nitrogens with zero attached hydrogens (tertiary/aromatic N) is 1. The molecule has 2 rings (SSSR count). The predicted octanol–water partition coefficient (Wildman–Crippen LogP) is 1.86. The molecule has 6 nitrogen and oxygen atoms in total. The van der Waals surface area contributed by atoms with Gasteiger partial charge in [-0.1, -0.05) is 0 Å². The summed E-state index contributed by atoms with van der Waals surface area (Å²) in [6.07, 6.45) is 2.40. The van der Waals surface area contributed by atoms with Crippen LogP contribution in [0.5, 0.6) is 11.5 Å². The Morgan fingerprint density at radius 3 is 2.39 bits per heavy atom. The second-order valence-corrected chi connectivity index (χ2v) is 7.19. The van der Waals surface area contributed by atoms with Crippen LogP contribution in [0.4, 0.5) is 0 Å². The van der Waals surface area contributed by atoms with Gasteiger partial charge in [0.05, 0.1) is 18.1 Å². The van der Waals surface area contributed by atoms with Gasteiger partial charge < -0.3 is 14.4 Å².